The number of benzene rings is 2. The van der Waals surface area contributed by atoms with E-state index in [4.69, 9.17) is 0 Å². The first kappa shape index (κ1) is 26.8. The zero-order chi connectivity index (χ0) is 28.6. The Hall–Kier alpha value is -4.77. The molecule has 0 spiro atoms. The molecule has 3 aromatic heterocycles. The highest BCUT2D eigenvalue weighted by molar-refractivity contribution is 7.91. The number of H-pyrrole nitrogens is 1. The van der Waals surface area contributed by atoms with Crippen molar-refractivity contribution in [1.82, 2.24) is 19.7 Å². The minimum Gasteiger partial charge on any atom is -0.504 e. The average Bonchev–Trinajstić information content (AvgIpc) is 3.38. The molecule has 11 heteroatoms. The van der Waals surface area contributed by atoms with Crippen molar-refractivity contribution in [2.45, 2.75) is 23.6 Å². The summed E-state index contributed by atoms with van der Waals surface area (Å²) in [7, 11) is -2.78. The molecule has 0 aliphatic carbocycles. The standard InChI is InChI=1S/C29H26FN5O4S/c1-4-35(20-8-6-5-7-9-20)25-24(23-15-17-34(3)33-23)32-29(37)27(26(25)36)40(38,39)21-12-10-19(11-13-21)22-14-16-31-28(30)18(22)2/h5-17H,4H2,1-3H3,(H2,32,36,37). The van der Waals surface area contributed by atoms with Crippen molar-refractivity contribution in [2.75, 3.05) is 11.4 Å². The Kier molecular flexibility index (Phi) is 6.99. The lowest BCUT2D eigenvalue weighted by atomic mass is 10.0. The molecule has 0 bridgehead atoms. The fraction of sp³-hybridized carbons (Fsp3) is 0.138. The van der Waals surface area contributed by atoms with Crippen LogP contribution >= 0.6 is 0 Å². The summed E-state index contributed by atoms with van der Waals surface area (Å²) in [6.07, 6.45) is 3.01. The Morgan fingerprint density at radius 1 is 1.05 bits per heavy atom. The van der Waals surface area contributed by atoms with Crippen molar-refractivity contribution in [3.8, 4) is 28.3 Å². The van der Waals surface area contributed by atoms with Gasteiger partial charge in [0.15, 0.2) is 10.6 Å². The van der Waals surface area contributed by atoms with Crippen LogP contribution in [0.4, 0.5) is 15.8 Å². The normalized spacial score (nSPS) is 11.5. The number of aromatic nitrogens is 4. The number of hydrogen-bond acceptors (Lipinski definition) is 7. The quantitative estimate of drug-likeness (QED) is 0.270. The molecule has 5 rings (SSSR count). The highest BCUT2D eigenvalue weighted by Gasteiger charge is 2.32. The monoisotopic (exact) mass is 559 g/mol. The summed E-state index contributed by atoms with van der Waals surface area (Å²) >= 11 is 0. The third-order valence-corrected chi connectivity index (χ3v) is 8.44. The molecular formula is C29H26FN5O4S. The minimum absolute atomic E-state index is 0.102. The maximum Gasteiger partial charge on any atom is 0.271 e. The maximum atomic E-state index is 14.0. The highest BCUT2D eigenvalue weighted by atomic mass is 32.2. The summed E-state index contributed by atoms with van der Waals surface area (Å²) in [6.45, 7) is 3.77. The number of nitrogens with one attached hydrogen (secondary N) is 1. The topological polar surface area (TPSA) is 121 Å². The van der Waals surface area contributed by atoms with Gasteiger partial charge in [0.05, 0.1) is 10.6 Å². The second-order valence-electron chi connectivity index (χ2n) is 9.11. The predicted molar refractivity (Wildman–Crippen MR) is 150 cm³/mol. The molecule has 204 valence electrons. The smallest absolute Gasteiger partial charge is 0.271 e. The lowest BCUT2D eigenvalue weighted by molar-refractivity contribution is 0.456. The number of aromatic amines is 1. The zero-order valence-electron chi connectivity index (χ0n) is 22.0. The first-order valence-electron chi connectivity index (χ1n) is 12.4. The summed E-state index contributed by atoms with van der Waals surface area (Å²) in [4.78, 5) is 20.3. The van der Waals surface area contributed by atoms with E-state index in [0.717, 1.165) is 0 Å². The summed E-state index contributed by atoms with van der Waals surface area (Å²) in [5.74, 6) is -1.31. The lowest BCUT2D eigenvalue weighted by Crippen LogP contribution is -2.24. The van der Waals surface area contributed by atoms with E-state index in [-0.39, 0.29) is 16.3 Å². The van der Waals surface area contributed by atoms with Crippen molar-refractivity contribution >= 4 is 21.2 Å². The number of nitrogens with zero attached hydrogens (tertiary/aromatic N) is 4. The van der Waals surface area contributed by atoms with Gasteiger partial charge in [-0.25, -0.2) is 13.4 Å². The Morgan fingerprint density at radius 3 is 2.38 bits per heavy atom. The van der Waals surface area contributed by atoms with Crippen molar-refractivity contribution in [2.24, 2.45) is 7.05 Å². The molecule has 0 atom stereocenters. The molecule has 0 saturated heterocycles. The molecule has 0 unspecified atom stereocenters. The van der Waals surface area contributed by atoms with Gasteiger partial charge in [-0.05, 0) is 61.4 Å². The number of sulfone groups is 1. The van der Waals surface area contributed by atoms with E-state index in [1.54, 1.807) is 37.2 Å². The third-order valence-electron chi connectivity index (χ3n) is 6.63. The maximum absolute atomic E-state index is 14.0. The van der Waals surface area contributed by atoms with Crippen LogP contribution in [0.2, 0.25) is 0 Å². The van der Waals surface area contributed by atoms with Gasteiger partial charge >= 0.3 is 0 Å². The van der Waals surface area contributed by atoms with Gasteiger partial charge in [0.2, 0.25) is 15.8 Å². The number of aryl methyl sites for hydroxylation is 1. The minimum atomic E-state index is -4.49. The molecule has 5 aromatic rings. The summed E-state index contributed by atoms with van der Waals surface area (Å²) in [5.41, 5.74) is 1.78. The summed E-state index contributed by atoms with van der Waals surface area (Å²) in [5, 5.41) is 15.9. The molecule has 0 aliphatic rings. The largest absolute Gasteiger partial charge is 0.504 e. The van der Waals surface area contributed by atoms with Gasteiger partial charge in [0, 0.05) is 37.2 Å². The fourth-order valence-corrected chi connectivity index (χ4v) is 6.02. The fourth-order valence-electron chi connectivity index (χ4n) is 4.64. The van der Waals surface area contributed by atoms with E-state index < -0.39 is 32.0 Å². The highest BCUT2D eigenvalue weighted by Crippen LogP contribution is 2.43. The Balaban J connectivity index is 1.69. The number of hydrogen-bond donors (Lipinski definition) is 2. The van der Waals surface area contributed by atoms with Crippen LogP contribution in [0.25, 0.3) is 22.5 Å². The molecule has 2 aromatic carbocycles. The molecule has 2 N–H and O–H groups in total. The second-order valence-corrected chi connectivity index (χ2v) is 11.0. The Bertz CT molecular complexity index is 1870. The van der Waals surface area contributed by atoms with Crippen LogP contribution in [0.15, 0.2) is 93.7 Å². The van der Waals surface area contributed by atoms with E-state index in [2.05, 4.69) is 15.1 Å². The third kappa shape index (κ3) is 4.64. The van der Waals surface area contributed by atoms with Crippen LogP contribution in [-0.2, 0) is 16.9 Å². The van der Waals surface area contributed by atoms with E-state index in [0.29, 0.717) is 34.6 Å². The van der Waals surface area contributed by atoms with Gasteiger partial charge in [-0.2, -0.15) is 9.49 Å². The molecule has 3 heterocycles. The molecule has 0 fully saturated rings. The Morgan fingerprint density at radius 2 is 1.75 bits per heavy atom. The summed E-state index contributed by atoms with van der Waals surface area (Å²) < 4.78 is 43.1. The number of pyridine rings is 2. The van der Waals surface area contributed by atoms with E-state index in [9.17, 15) is 22.7 Å². The predicted octanol–water partition coefficient (Wildman–Crippen LogP) is 4.98. The van der Waals surface area contributed by atoms with E-state index in [1.165, 1.54) is 35.1 Å². The average molecular weight is 560 g/mol. The van der Waals surface area contributed by atoms with Crippen molar-refractivity contribution < 1.29 is 17.9 Å². The van der Waals surface area contributed by atoms with E-state index in [1.807, 2.05) is 37.3 Å². The van der Waals surface area contributed by atoms with Gasteiger partial charge < -0.3 is 15.0 Å². The van der Waals surface area contributed by atoms with Crippen LogP contribution in [0.3, 0.4) is 0 Å². The van der Waals surface area contributed by atoms with Crippen LogP contribution < -0.4 is 10.5 Å². The zero-order valence-corrected chi connectivity index (χ0v) is 22.8. The summed E-state index contributed by atoms with van der Waals surface area (Å²) in [6, 6.07) is 18.1. The van der Waals surface area contributed by atoms with Gasteiger partial charge in [-0.15, -0.1) is 0 Å². The number of halogens is 1. The molecule has 9 nitrogen and oxygen atoms in total. The van der Waals surface area contributed by atoms with Crippen LogP contribution in [-0.4, -0.2) is 39.8 Å². The van der Waals surface area contributed by atoms with Gasteiger partial charge in [0.1, 0.15) is 11.4 Å². The molecule has 0 amide bonds. The molecule has 0 aliphatic heterocycles. The molecule has 0 saturated carbocycles. The van der Waals surface area contributed by atoms with Crippen molar-refractivity contribution in [3.05, 3.63) is 101 Å². The molecule has 0 radical (unpaired) electrons. The number of aromatic hydroxyl groups is 1. The Labute approximate surface area is 230 Å². The van der Waals surface area contributed by atoms with Crippen LogP contribution in [0.1, 0.15) is 12.5 Å². The first-order chi connectivity index (χ1) is 19.1. The van der Waals surface area contributed by atoms with Crippen LogP contribution in [0, 0.1) is 12.9 Å². The molecular weight excluding hydrogens is 533 g/mol. The van der Waals surface area contributed by atoms with Gasteiger partial charge in [-0.1, -0.05) is 30.3 Å². The van der Waals surface area contributed by atoms with Gasteiger partial charge in [0.25, 0.3) is 5.56 Å². The molecule has 40 heavy (non-hydrogen) atoms. The van der Waals surface area contributed by atoms with Crippen LogP contribution in [0.5, 0.6) is 5.75 Å². The van der Waals surface area contributed by atoms with Crippen molar-refractivity contribution in [3.63, 3.8) is 0 Å². The van der Waals surface area contributed by atoms with E-state index >= 15 is 0 Å². The lowest BCUT2D eigenvalue weighted by Gasteiger charge is -2.27. The number of anilines is 2. The number of para-hydroxylation sites is 1. The SMILES string of the molecule is CCN(c1ccccc1)c1c(-c2ccn(C)n2)[nH]c(=O)c(S(=O)(=O)c2ccc(-c3ccnc(F)c3C)cc2)c1O. The number of rotatable bonds is 7. The van der Waals surface area contributed by atoms with Crippen molar-refractivity contribution in [1.29, 1.82) is 0 Å². The van der Waals surface area contributed by atoms with Gasteiger partial charge in [-0.3, -0.25) is 9.48 Å². The first-order valence-corrected chi connectivity index (χ1v) is 13.9. The second kappa shape index (κ2) is 10.4.